The van der Waals surface area contributed by atoms with E-state index in [2.05, 4.69) is 0 Å². The minimum absolute atomic E-state index is 0.294. The molecule has 3 rings (SSSR count). The molecule has 7 heteroatoms. The Hall–Kier alpha value is -2.05. The number of hydrogen-bond acceptors (Lipinski definition) is 4. The largest absolute Gasteiger partial charge is 0.496 e. The average Bonchev–Trinajstić information content (AvgIpc) is 2.98. The number of para-hydroxylation sites is 1. The fourth-order valence-corrected chi connectivity index (χ4v) is 4.54. The molecule has 132 valence electrons. The number of benzene rings is 2. The van der Waals surface area contributed by atoms with E-state index in [9.17, 15) is 13.2 Å². The minimum atomic E-state index is -3.65. The van der Waals surface area contributed by atoms with Crippen molar-refractivity contribution in [1.29, 1.82) is 0 Å². The van der Waals surface area contributed by atoms with Gasteiger partial charge in [-0.05, 0) is 36.2 Å². The Labute approximate surface area is 152 Å². The number of rotatable bonds is 5. The monoisotopic (exact) mass is 379 g/mol. The van der Waals surface area contributed by atoms with Crippen LogP contribution in [0.3, 0.4) is 0 Å². The summed E-state index contributed by atoms with van der Waals surface area (Å²) in [5, 5.41) is 0.422. The standard InChI is InChI=1S/C18H18ClNO4S/c1-24-17-7-6-15(19)10-14(17)11-25(22,23)12-18(21)20-9-8-13-4-2-3-5-16(13)20/h2-7,10H,8-9,11-12H2,1H3. The number of anilines is 1. The zero-order valence-corrected chi connectivity index (χ0v) is 15.3. The zero-order valence-electron chi connectivity index (χ0n) is 13.7. The van der Waals surface area contributed by atoms with Gasteiger partial charge in [0.2, 0.25) is 5.91 Å². The molecular formula is C18H18ClNO4S. The van der Waals surface area contributed by atoms with Crippen LogP contribution in [0.15, 0.2) is 42.5 Å². The van der Waals surface area contributed by atoms with Crippen molar-refractivity contribution in [2.45, 2.75) is 12.2 Å². The molecule has 0 fully saturated rings. The maximum atomic E-state index is 12.5. The predicted octanol–water partition coefficient (Wildman–Crippen LogP) is 2.85. The van der Waals surface area contributed by atoms with Crippen LogP contribution in [-0.2, 0) is 26.8 Å². The third-order valence-electron chi connectivity index (χ3n) is 4.15. The highest BCUT2D eigenvalue weighted by molar-refractivity contribution is 7.91. The van der Waals surface area contributed by atoms with E-state index in [0.29, 0.717) is 22.9 Å². The van der Waals surface area contributed by atoms with Crippen LogP contribution in [0.1, 0.15) is 11.1 Å². The van der Waals surface area contributed by atoms with Gasteiger partial charge >= 0.3 is 0 Å². The van der Waals surface area contributed by atoms with Crippen LogP contribution in [0.2, 0.25) is 5.02 Å². The second-order valence-corrected chi connectivity index (χ2v) is 8.41. The summed E-state index contributed by atoms with van der Waals surface area (Å²) < 4.78 is 30.2. The van der Waals surface area contributed by atoms with Crippen LogP contribution < -0.4 is 9.64 Å². The first-order valence-corrected chi connectivity index (χ1v) is 10.0. The van der Waals surface area contributed by atoms with Crippen LogP contribution in [-0.4, -0.2) is 33.7 Å². The van der Waals surface area contributed by atoms with E-state index in [0.717, 1.165) is 17.7 Å². The van der Waals surface area contributed by atoms with Crippen molar-refractivity contribution in [2.75, 3.05) is 24.3 Å². The third-order valence-corrected chi connectivity index (χ3v) is 5.82. The molecule has 0 spiro atoms. The number of nitrogens with zero attached hydrogens (tertiary/aromatic N) is 1. The van der Waals surface area contributed by atoms with Gasteiger partial charge < -0.3 is 9.64 Å². The summed E-state index contributed by atoms with van der Waals surface area (Å²) in [6.45, 7) is 0.508. The van der Waals surface area contributed by atoms with Crippen molar-refractivity contribution < 1.29 is 17.9 Å². The Bertz CT molecular complexity index is 911. The van der Waals surface area contributed by atoms with Crippen molar-refractivity contribution in [3.8, 4) is 5.75 Å². The molecule has 0 aromatic heterocycles. The lowest BCUT2D eigenvalue weighted by Crippen LogP contribution is -2.34. The van der Waals surface area contributed by atoms with E-state index in [-0.39, 0.29) is 5.75 Å². The first-order valence-electron chi connectivity index (χ1n) is 7.81. The van der Waals surface area contributed by atoms with E-state index < -0.39 is 21.5 Å². The van der Waals surface area contributed by atoms with E-state index in [1.165, 1.54) is 7.11 Å². The summed E-state index contributed by atoms with van der Waals surface area (Å²) in [7, 11) is -2.19. The Morgan fingerprint density at radius 1 is 1.24 bits per heavy atom. The fourth-order valence-electron chi connectivity index (χ4n) is 3.01. The summed E-state index contributed by atoms with van der Waals surface area (Å²) in [5.74, 6) is -0.813. The number of sulfone groups is 1. The molecular weight excluding hydrogens is 362 g/mol. The van der Waals surface area contributed by atoms with E-state index in [1.54, 1.807) is 23.1 Å². The SMILES string of the molecule is COc1ccc(Cl)cc1CS(=O)(=O)CC(=O)N1CCc2ccccc21. The van der Waals surface area contributed by atoms with Crippen LogP contribution in [0.5, 0.6) is 5.75 Å². The highest BCUT2D eigenvalue weighted by Gasteiger charge is 2.28. The van der Waals surface area contributed by atoms with E-state index >= 15 is 0 Å². The smallest absolute Gasteiger partial charge is 0.242 e. The molecule has 5 nitrogen and oxygen atoms in total. The van der Waals surface area contributed by atoms with Crippen molar-refractivity contribution in [3.05, 3.63) is 58.6 Å². The Morgan fingerprint density at radius 3 is 2.76 bits per heavy atom. The molecule has 2 aromatic carbocycles. The number of methoxy groups -OCH3 is 1. The highest BCUT2D eigenvalue weighted by atomic mass is 35.5. The minimum Gasteiger partial charge on any atom is -0.496 e. The molecule has 2 aromatic rings. The Kier molecular flexibility index (Phi) is 5.01. The summed E-state index contributed by atoms with van der Waals surface area (Å²) in [5.41, 5.74) is 2.30. The molecule has 0 radical (unpaired) electrons. The van der Waals surface area contributed by atoms with Gasteiger partial charge in [-0.3, -0.25) is 4.79 Å². The number of amides is 1. The summed E-state index contributed by atoms with van der Waals surface area (Å²) in [6, 6.07) is 12.3. The van der Waals surface area contributed by atoms with Crippen molar-refractivity contribution in [3.63, 3.8) is 0 Å². The van der Waals surface area contributed by atoms with Gasteiger partial charge in [-0.2, -0.15) is 0 Å². The fraction of sp³-hybridized carbons (Fsp3) is 0.278. The molecule has 1 amide bonds. The Balaban J connectivity index is 1.76. The molecule has 1 heterocycles. The molecule has 0 N–H and O–H groups in total. The maximum Gasteiger partial charge on any atom is 0.242 e. The number of ether oxygens (including phenoxy) is 1. The first-order chi connectivity index (χ1) is 11.9. The van der Waals surface area contributed by atoms with Crippen molar-refractivity contribution in [2.24, 2.45) is 0 Å². The van der Waals surface area contributed by atoms with Crippen LogP contribution >= 0.6 is 11.6 Å². The lowest BCUT2D eigenvalue weighted by atomic mass is 10.2. The number of carbonyl (C=O) groups is 1. The molecule has 25 heavy (non-hydrogen) atoms. The topological polar surface area (TPSA) is 63.7 Å². The second-order valence-electron chi connectivity index (χ2n) is 5.91. The van der Waals surface area contributed by atoms with Gasteiger partial charge in [-0.1, -0.05) is 29.8 Å². The van der Waals surface area contributed by atoms with Gasteiger partial charge in [0, 0.05) is 22.8 Å². The van der Waals surface area contributed by atoms with Crippen LogP contribution in [0.4, 0.5) is 5.69 Å². The maximum absolute atomic E-state index is 12.5. The first kappa shape index (κ1) is 17.8. The number of halogens is 1. The normalized spacial score (nSPS) is 13.6. The number of hydrogen-bond donors (Lipinski definition) is 0. The van der Waals surface area contributed by atoms with Gasteiger partial charge in [0.1, 0.15) is 11.5 Å². The summed E-state index contributed by atoms with van der Waals surface area (Å²) in [6.07, 6.45) is 0.740. The molecule has 0 bridgehead atoms. The zero-order chi connectivity index (χ0) is 18.0. The van der Waals surface area contributed by atoms with E-state index in [4.69, 9.17) is 16.3 Å². The van der Waals surface area contributed by atoms with Crippen molar-refractivity contribution in [1.82, 2.24) is 0 Å². The predicted molar refractivity (Wildman–Crippen MR) is 98.0 cm³/mol. The summed E-state index contributed by atoms with van der Waals surface area (Å²) >= 11 is 5.94. The highest BCUT2D eigenvalue weighted by Crippen LogP contribution is 2.28. The molecule has 0 saturated heterocycles. The molecule has 0 unspecified atom stereocenters. The molecule has 0 aliphatic carbocycles. The van der Waals surface area contributed by atoms with E-state index in [1.807, 2.05) is 24.3 Å². The number of carbonyl (C=O) groups excluding carboxylic acids is 1. The lowest BCUT2D eigenvalue weighted by molar-refractivity contribution is -0.116. The quantitative estimate of drug-likeness (QED) is 0.801. The lowest BCUT2D eigenvalue weighted by Gasteiger charge is -2.17. The van der Waals surface area contributed by atoms with Gasteiger partial charge in [0.15, 0.2) is 9.84 Å². The molecule has 0 atom stereocenters. The third kappa shape index (κ3) is 3.96. The van der Waals surface area contributed by atoms with Gasteiger partial charge in [0.25, 0.3) is 0 Å². The number of fused-ring (bicyclic) bond motifs is 1. The molecule has 1 aliphatic heterocycles. The van der Waals surface area contributed by atoms with Gasteiger partial charge in [-0.25, -0.2) is 8.42 Å². The van der Waals surface area contributed by atoms with Crippen LogP contribution in [0.25, 0.3) is 0 Å². The van der Waals surface area contributed by atoms with Crippen LogP contribution in [0, 0.1) is 0 Å². The van der Waals surface area contributed by atoms with Gasteiger partial charge in [-0.15, -0.1) is 0 Å². The molecule has 0 saturated carbocycles. The van der Waals surface area contributed by atoms with Gasteiger partial charge in [0.05, 0.1) is 12.9 Å². The summed E-state index contributed by atoms with van der Waals surface area (Å²) in [4.78, 5) is 14.1. The van der Waals surface area contributed by atoms with Crippen molar-refractivity contribution >= 4 is 33.0 Å². The Morgan fingerprint density at radius 2 is 2.00 bits per heavy atom. The average molecular weight is 380 g/mol. The molecule has 1 aliphatic rings. The second kappa shape index (κ2) is 7.06.